The van der Waals surface area contributed by atoms with Gasteiger partial charge < -0.3 is 8.83 Å². The molecule has 0 radical (unpaired) electrons. The van der Waals surface area contributed by atoms with Crippen LogP contribution in [0.3, 0.4) is 0 Å². The lowest BCUT2D eigenvalue weighted by Crippen LogP contribution is -2.00. The van der Waals surface area contributed by atoms with E-state index >= 15 is 0 Å². The van der Waals surface area contributed by atoms with E-state index in [1.165, 1.54) is 0 Å². The van der Waals surface area contributed by atoms with Gasteiger partial charge in [-0.3, -0.25) is 0 Å². The molecule has 0 saturated heterocycles. The van der Waals surface area contributed by atoms with Crippen molar-refractivity contribution in [1.82, 2.24) is 15.0 Å². The maximum absolute atomic E-state index is 9.58. The molecule has 7 aromatic carbocycles. The highest BCUT2D eigenvalue weighted by Gasteiger charge is 2.19. The fourth-order valence-electron chi connectivity index (χ4n) is 6.90. The summed E-state index contributed by atoms with van der Waals surface area (Å²) < 4.78 is 70.3. The lowest BCUT2D eigenvalue weighted by atomic mass is 9.97. The maximum atomic E-state index is 9.58. The Morgan fingerprint density at radius 3 is 2.12 bits per heavy atom. The van der Waals surface area contributed by atoms with Crippen LogP contribution in [0.2, 0.25) is 0 Å². The lowest BCUT2D eigenvalue weighted by Gasteiger charge is -2.08. The van der Waals surface area contributed by atoms with E-state index in [9.17, 15) is 4.11 Å². The summed E-state index contributed by atoms with van der Waals surface area (Å²) in [6.45, 7) is 0. The number of benzene rings is 7. The lowest BCUT2D eigenvalue weighted by molar-refractivity contribution is 0.668. The Kier molecular flexibility index (Phi) is 4.91. The van der Waals surface area contributed by atoms with Crippen molar-refractivity contribution < 1.29 is 17.1 Å². The third kappa shape index (κ3) is 4.43. The number of para-hydroxylation sites is 2. The second kappa shape index (κ2) is 10.9. The van der Waals surface area contributed by atoms with Crippen molar-refractivity contribution in [2.45, 2.75) is 0 Å². The summed E-state index contributed by atoms with van der Waals surface area (Å²) in [7, 11) is 0. The van der Waals surface area contributed by atoms with Gasteiger partial charge in [0.05, 0.1) is 8.22 Å². The van der Waals surface area contributed by atoms with Gasteiger partial charge in [0, 0.05) is 64.0 Å². The molecule has 0 aliphatic rings. The van der Waals surface area contributed by atoms with Crippen LogP contribution in [0.5, 0.6) is 0 Å². The topological polar surface area (TPSA) is 65.0 Å². The molecule has 4 aromatic heterocycles. The van der Waals surface area contributed by atoms with Gasteiger partial charge in [0.25, 0.3) is 0 Å². The number of fused-ring (bicyclic) bond motifs is 9. The molecule has 0 atom stereocenters. The zero-order chi connectivity index (χ0) is 38.7. The Labute approximate surface area is 303 Å². The van der Waals surface area contributed by atoms with Crippen molar-refractivity contribution in [3.8, 4) is 45.3 Å². The molecule has 0 saturated carbocycles. The molecule has 11 rings (SSSR count). The van der Waals surface area contributed by atoms with E-state index in [2.05, 4.69) is 12.1 Å². The zero-order valence-corrected chi connectivity index (χ0v) is 27.4. The van der Waals surface area contributed by atoms with Gasteiger partial charge in [0.1, 0.15) is 22.3 Å². The third-order valence-electron chi connectivity index (χ3n) is 9.26. The van der Waals surface area contributed by atoms with Crippen molar-refractivity contribution >= 4 is 75.4 Å². The van der Waals surface area contributed by atoms with Crippen LogP contribution in [0.4, 0.5) is 0 Å². The average molecular weight is 678 g/mol. The van der Waals surface area contributed by atoms with Gasteiger partial charge in [-0.15, -0.1) is 11.3 Å². The largest absolute Gasteiger partial charge is 0.456 e. The SMILES string of the molecule is [2H]c1c([2H])c([2H])c2c(oc3c([2H])c(-c4nc(-c5ccccc5)nc(-c5ccc6sc7ccccc7c6c5)n4)c([2H])c([2H])c32)c1-c1cccc2oc3ccccc3c12. The fourth-order valence-corrected chi connectivity index (χ4v) is 7.99. The number of hydrogen-bond donors (Lipinski definition) is 0. The molecule has 11 aromatic rings. The first-order valence-electron chi connectivity index (χ1n) is 19.4. The van der Waals surface area contributed by atoms with Gasteiger partial charge in [-0.05, 0) is 54.0 Å². The monoisotopic (exact) mass is 677 g/mol. The molecule has 0 fully saturated rings. The molecule has 0 amide bonds. The Morgan fingerprint density at radius 1 is 0.471 bits per heavy atom. The van der Waals surface area contributed by atoms with Crippen LogP contribution in [-0.2, 0) is 0 Å². The molecule has 0 bridgehead atoms. The van der Waals surface area contributed by atoms with Crippen LogP contribution in [0.15, 0.2) is 160 Å². The van der Waals surface area contributed by atoms with Gasteiger partial charge >= 0.3 is 0 Å². The number of hydrogen-bond acceptors (Lipinski definition) is 6. The average Bonchev–Trinajstić information content (AvgIpc) is 3.94. The van der Waals surface area contributed by atoms with Crippen LogP contribution in [0, 0.1) is 0 Å². The van der Waals surface area contributed by atoms with Gasteiger partial charge in [0.15, 0.2) is 17.5 Å². The van der Waals surface area contributed by atoms with Crippen LogP contribution in [-0.4, -0.2) is 15.0 Å². The van der Waals surface area contributed by atoms with Crippen molar-refractivity contribution in [3.63, 3.8) is 0 Å². The van der Waals surface area contributed by atoms with E-state index in [1.807, 2.05) is 97.1 Å². The molecule has 0 unspecified atom stereocenters. The first kappa shape index (κ1) is 22.9. The summed E-state index contributed by atoms with van der Waals surface area (Å²) in [6.07, 6.45) is 0. The molecular weight excluding hydrogens is 647 g/mol. The standard InChI is InChI=1S/C45H25N3O2S/c1-2-10-26(11-3-1)43-46-44(27-21-23-40-35(24-27)30-12-5-7-19-39(30)51-40)48-45(47-43)28-20-22-29-32-15-8-16-33(42(32)50-38(29)25-28)31-14-9-18-37-41(31)34-13-4-6-17-36(34)49-37/h1-25H/i8D,15D,16D,20D,22D,25D. The minimum atomic E-state index is -0.364. The van der Waals surface area contributed by atoms with Crippen molar-refractivity contribution in [2.75, 3.05) is 0 Å². The van der Waals surface area contributed by atoms with Gasteiger partial charge in [-0.1, -0.05) is 103 Å². The van der Waals surface area contributed by atoms with Crippen LogP contribution >= 0.6 is 11.3 Å². The summed E-state index contributed by atoms with van der Waals surface area (Å²) in [6, 6.07) is 34.8. The van der Waals surface area contributed by atoms with Crippen molar-refractivity contribution in [2.24, 2.45) is 0 Å². The number of rotatable bonds is 4. The molecule has 0 aliphatic heterocycles. The molecule has 0 N–H and O–H groups in total. The second-order valence-electron chi connectivity index (χ2n) is 12.3. The predicted molar refractivity (Wildman–Crippen MR) is 209 cm³/mol. The summed E-state index contributed by atoms with van der Waals surface area (Å²) in [5.41, 5.74) is 3.39. The first-order valence-corrected chi connectivity index (χ1v) is 17.2. The van der Waals surface area contributed by atoms with E-state index in [-0.39, 0.29) is 75.1 Å². The normalized spacial score (nSPS) is 13.6. The number of aromatic nitrogens is 3. The first-order chi connectivity index (χ1) is 27.8. The van der Waals surface area contributed by atoms with E-state index in [0.29, 0.717) is 39.3 Å². The van der Waals surface area contributed by atoms with Crippen molar-refractivity contribution in [1.29, 1.82) is 0 Å². The molecule has 5 nitrogen and oxygen atoms in total. The Hall–Kier alpha value is -6.63. The zero-order valence-electron chi connectivity index (χ0n) is 32.5. The van der Waals surface area contributed by atoms with Crippen molar-refractivity contribution in [3.05, 3.63) is 152 Å². The quantitative estimate of drug-likeness (QED) is 0.185. The number of nitrogens with zero attached hydrogens (tertiary/aromatic N) is 3. The Balaban J connectivity index is 1.19. The number of thiophene rings is 1. The molecule has 238 valence electrons. The highest BCUT2D eigenvalue weighted by molar-refractivity contribution is 7.25. The van der Waals surface area contributed by atoms with Crippen LogP contribution in [0.1, 0.15) is 8.22 Å². The maximum Gasteiger partial charge on any atom is 0.164 e. The van der Waals surface area contributed by atoms with E-state index < -0.39 is 0 Å². The summed E-state index contributed by atoms with van der Waals surface area (Å²) in [4.78, 5) is 14.6. The summed E-state index contributed by atoms with van der Waals surface area (Å²) in [5.74, 6) is 0.679. The predicted octanol–water partition coefficient (Wildman–Crippen LogP) is 12.7. The second-order valence-corrected chi connectivity index (χ2v) is 13.4. The molecule has 0 spiro atoms. The van der Waals surface area contributed by atoms with Crippen LogP contribution in [0.25, 0.3) is 109 Å². The molecule has 0 aliphatic carbocycles. The third-order valence-corrected chi connectivity index (χ3v) is 10.4. The summed E-state index contributed by atoms with van der Waals surface area (Å²) >= 11 is 1.70. The van der Waals surface area contributed by atoms with Gasteiger partial charge in [-0.25, -0.2) is 15.0 Å². The Morgan fingerprint density at radius 2 is 1.22 bits per heavy atom. The summed E-state index contributed by atoms with van der Waals surface area (Å²) in [5, 5.41) is 3.81. The minimum Gasteiger partial charge on any atom is -0.456 e. The Bertz CT molecular complexity index is 3510. The molecule has 6 heteroatoms. The van der Waals surface area contributed by atoms with Gasteiger partial charge in [-0.2, -0.15) is 0 Å². The fraction of sp³-hybridized carbons (Fsp3) is 0. The van der Waals surface area contributed by atoms with Gasteiger partial charge in [0.2, 0.25) is 0 Å². The molecule has 51 heavy (non-hydrogen) atoms. The van der Waals surface area contributed by atoms with E-state index in [4.69, 9.17) is 27.9 Å². The highest BCUT2D eigenvalue weighted by atomic mass is 32.1. The van der Waals surface area contributed by atoms with E-state index in [1.54, 1.807) is 17.4 Å². The smallest absolute Gasteiger partial charge is 0.164 e. The molecular formula is C45H25N3O2S. The molecule has 4 heterocycles. The highest BCUT2D eigenvalue weighted by Crippen LogP contribution is 2.42. The van der Waals surface area contributed by atoms with E-state index in [0.717, 1.165) is 31.1 Å². The minimum absolute atomic E-state index is 0.0169. The number of furan rings is 2. The van der Waals surface area contributed by atoms with Crippen LogP contribution < -0.4 is 0 Å².